The van der Waals surface area contributed by atoms with E-state index in [2.05, 4.69) is 19.9 Å². The van der Waals surface area contributed by atoms with Crippen molar-refractivity contribution in [1.82, 2.24) is 0 Å². The zero-order valence-electron chi connectivity index (χ0n) is 10.9. The number of aryl methyl sites for hydroxylation is 1. The first-order valence-corrected chi connectivity index (χ1v) is 5.88. The molecule has 0 saturated carbocycles. The minimum atomic E-state index is -0.540. The van der Waals surface area contributed by atoms with E-state index in [4.69, 9.17) is 9.47 Å². The van der Waals surface area contributed by atoms with Gasteiger partial charge < -0.3 is 9.47 Å². The Labute approximate surface area is 98.6 Å². The molecular formula is C14H22O2. The van der Waals surface area contributed by atoms with Crippen LogP contribution in [0.5, 0.6) is 5.75 Å². The molecule has 0 aliphatic rings. The second-order valence-corrected chi connectivity index (χ2v) is 4.57. The molecule has 0 aliphatic carbocycles. The SMILES string of the molecule is CCC(C)(Oc1cccc(C)c1)OC(C)C. The summed E-state index contributed by atoms with van der Waals surface area (Å²) in [7, 11) is 0. The molecule has 1 atom stereocenters. The molecule has 1 rings (SSSR count). The summed E-state index contributed by atoms with van der Waals surface area (Å²) in [6, 6.07) is 8.04. The van der Waals surface area contributed by atoms with Crippen molar-refractivity contribution in [3.05, 3.63) is 29.8 Å². The van der Waals surface area contributed by atoms with Crippen LogP contribution in [0.4, 0.5) is 0 Å². The Balaban J connectivity index is 2.76. The maximum atomic E-state index is 5.92. The summed E-state index contributed by atoms with van der Waals surface area (Å²) in [6.45, 7) is 10.1. The van der Waals surface area contributed by atoms with Gasteiger partial charge in [0, 0.05) is 13.3 Å². The number of benzene rings is 1. The molecule has 2 nitrogen and oxygen atoms in total. The monoisotopic (exact) mass is 222 g/mol. The molecule has 0 aliphatic heterocycles. The first-order chi connectivity index (χ1) is 7.45. The molecule has 0 amide bonds. The number of hydrogen-bond acceptors (Lipinski definition) is 2. The van der Waals surface area contributed by atoms with E-state index in [-0.39, 0.29) is 6.10 Å². The summed E-state index contributed by atoms with van der Waals surface area (Å²) in [5.41, 5.74) is 1.19. The van der Waals surface area contributed by atoms with Crippen LogP contribution in [-0.4, -0.2) is 11.9 Å². The summed E-state index contributed by atoms with van der Waals surface area (Å²) >= 11 is 0. The van der Waals surface area contributed by atoms with E-state index in [1.54, 1.807) is 0 Å². The van der Waals surface area contributed by atoms with Crippen molar-refractivity contribution in [2.75, 3.05) is 0 Å². The fraction of sp³-hybridized carbons (Fsp3) is 0.571. The first kappa shape index (κ1) is 13.0. The molecule has 0 saturated heterocycles. The zero-order chi connectivity index (χ0) is 12.2. The highest BCUT2D eigenvalue weighted by atomic mass is 16.7. The van der Waals surface area contributed by atoms with Crippen molar-refractivity contribution in [2.45, 2.75) is 52.9 Å². The summed E-state index contributed by atoms with van der Waals surface area (Å²) in [4.78, 5) is 0. The topological polar surface area (TPSA) is 18.5 Å². The molecule has 0 aromatic heterocycles. The van der Waals surface area contributed by atoms with E-state index >= 15 is 0 Å². The van der Waals surface area contributed by atoms with E-state index in [1.807, 2.05) is 39.0 Å². The molecule has 0 fully saturated rings. The summed E-state index contributed by atoms with van der Waals surface area (Å²) in [5, 5.41) is 0. The van der Waals surface area contributed by atoms with Gasteiger partial charge >= 0.3 is 0 Å². The Hall–Kier alpha value is -1.02. The fourth-order valence-electron chi connectivity index (χ4n) is 1.61. The lowest BCUT2D eigenvalue weighted by atomic mass is 10.2. The molecule has 0 N–H and O–H groups in total. The molecule has 16 heavy (non-hydrogen) atoms. The lowest BCUT2D eigenvalue weighted by Gasteiger charge is -2.31. The van der Waals surface area contributed by atoms with Crippen LogP contribution in [-0.2, 0) is 4.74 Å². The Morgan fingerprint density at radius 3 is 2.50 bits per heavy atom. The van der Waals surface area contributed by atoms with Crippen LogP contribution in [0, 0.1) is 6.92 Å². The Kier molecular flexibility index (Phi) is 4.36. The third-order valence-electron chi connectivity index (χ3n) is 2.45. The van der Waals surface area contributed by atoms with Gasteiger partial charge in [-0.15, -0.1) is 0 Å². The predicted octanol–water partition coefficient (Wildman–Crippen LogP) is 3.93. The third kappa shape index (κ3) is 3.86. The highest BCUT2D eigenvalue weighted by Crippen LogP contribution is 2.24. The second-order valence-electron chi connectivity index (χ2n) is 4.57. The van der Waals surface area contributed by atoms with E-state index in [0.717, 1.165) is 12.2 Å². The lowest BCUT2D eigenvalue weighted by Crippen LogP contribution is -2.37. The quantitative estimate of drug-likeness (QED) is 0.703. The molecule has 1 aromatic carbocycles. The molecule has 1 unspecified atom stereocenters. The van der Waals surface area contributed by atoms with Gasteiger partial charge in [0.25, 0.3) is 0 Å². The Bertz CT molecular complexity index is 333. The van der Waals surface area contributed by atoms with Gasteiger partial charge in [-0.05, 0) is 38.5 Å². The largest absolute Gasteiger partial charge is 0.463 e. The van der Waals surface area contributed by atoms with E-state index in [1.165, 1.54) is 5.56 Å². The molecule has 0 radical (unpaired) electrons. The normalized spacial score (nSPS) is 14.9. The highest BCUT2D eigenvalue weighted by molar-refractivity contribution is 5.27. The molecule has 0 bridgehead atoms. The minimum Gasteiger partial charge on any atom is -0.463 e. The highest BCUT2D eigenvalue weighted by Gasteiger charge is 2.26. The number of rotatable bonds is 5. The summed E-state index contributed by atoms with van der Waals surface area (Å²) < 4.78 is 11.7. The smallest absolute Gasteiger partial charge is 0.207 e. The van der Waals surface area contributed by atoms with Gasteiger partial charge in [0.1, 0.15) is 5.75 Å². The van der Waals surface area contributed by atoms with Gasteiger partial charge in [0.15, 0.2) is 0 Å². The molecule has 0 spiro atoms. The van der Waals surface area contributed by atoms with Crippen molar-refractivity contribution in [3.63, 3.8) is 0 Å². The zero-order valence-corrected chi connectivity index (χ0v) is 10.9. The van der Waals surface area contributed by atoms with Gasteiger partial charge in [0.05, 0.1) is 6.10 Å². The average Bonchev–Trinajstić information content (AvgIpc) is 2.16. The first-order valence-electron chi connectivity index (χ1n) is 5.88. The predicted molar refractivity (Wildman–Crippen MR) is 66.7 cm³/mol. The van der Waals surface area contributed by atoms with Crippen LogP contribution >= 0.6 is 0 Å². The van der Waals surface area contributed by atoms with Crippen molar-refractivity contribution in [2.24, 2.45) is 0 Å². The molecule has 2 heteroatoms. The molecule has 0 heterocycles. The van der Waals surface area contributed by atoms with E-state index in [9.17, 15) is 0 Å². The number of ether oxygens (including phenoxy) is 2. The van der Waals surface area contributed by atoms with Crippen molar-refractivity contribution >= 4 is 0 Å². The second kappa shape index (κ2) is 5.35. The summed E-state index contributed by atoms with van der Waals surface area (Å²) in [6.07, 6.45) is 0.980. The van der Waals surface area contributed by atoms with Gasteiger partial charge in [0.2, 0.25) is 5.79 Å². The minimum absolute atomic E-state index is 0.162. The average molecular weight is 222 g/mol. The van der Waals surface area contributed by atoms with Crippen LogP contribution in [0.25, 0.3) is 0 Å². The van der Waals surface area contributed by atoms with Gasteiger partial charge in [-0.2, -0.15) is 0 Å². The molecule has 1 aromatic rings. The van der Waals surface area contributed by atoms with Crippen LogP contribution in [0.3, 0.4) is 0 Å². The Morgan fingerprint density at radius 1 is 1.31 bits per heavy atom. The van der Waals surface area contributed by atoms with Crippen LogP contribution in [0.15, 0.2) is 24.3 Å². The van der Waals surface area contributed by atoms with Crippen LogP contribution in [0.1, 0.15) is 39.7 Å². The van der Waals surface area contributed by atoms with Crippen molar-refractivity contribution < 1.29 is 9.47 Å². The van der Waals surface area contributed by atoms with E-state index in [0.29, 0.717) is 0 Å². The third-order valence-corrected chi connectivity index (χ3v) is 2.45. The lowest BCUT2D eigenvalue weighted by molar-refractivity contribution is -0.193. The molecule has 90 valence electrons. The van der Waals surface area contributed by atoms with Crippen LogP contribution in [0.2, 0.25) is 0 Å². The van der Waals surface area contributed by atoms with Gasteiger partial charge in [-0.25, -0.2) is 0 Å². The van der Waals surface area contributed by atoms with E-state index < -0.39 is 5.79 Å². The number of hydrogen-bond donors (Lipinski definition) is 0. The standard InChI is InChI=1S/C14H22O2/c1-6-14(5,15-11(2)3)16-13-9-7-8-12(4)10-13/h7-11H,6H2,1-5H3. The van der Waals surface area contributed by atoms with Crippen molar-refractivity contribution in [3.8, 4) is 5.75 Å². The maximum Gasteiger partial charge on any atom is 0.207 e. The van der Waals surface area contributed by atoms with Gasteiger partial charge in [-0.3, -0.25) is 0 Å². The van der Waals surface area contributed by atoms with Crippen molar-refractivity contribution in [1.29, 1.82) is 0 Å². The maximum absolute atomic E-state index is 5.92. The molecular weight excluding hydrogens is 200 g/mol. The fourth-order valence-corrected chi connectivity index (χ4v) is 1.61. The Morgan fingerprint density at radius 2 is 2.00 bits per heavy atom. The van der Waals surface area contributed by atoms with Gasteiger partial charge in [-0.1, -0.05) is 19.1 Å². The summed E-state index contributed by atoms with van der Waals surface area (Å²) in [5.74, 6) is 0.326. The van der Waals surface area contributed by atoms with Crippen LogP contribution < -0.4 is 4.74 Å².